The van der Waals surface area contributed by atoms with Crippen molar-refractivity contribution in [2.24, 2.45) is 0 Å². The van der Waals surface area contributed by atoms with Crippen LogP contribution in [-0.2, 0) is 4.79 Å². The van der Waals surface area contributed by atoms with Crippen LogP contribution in [0.1, 0.15) is 23.2 Å². The van der Waals surface area contributed by atoms with Crippen LogP contribution in [0.25, 0.3) is 0 Å². The molecule has 2 amide bonds. The van der Waals surface area contributed by atoms with E-state index in [0.29, 0.717) is 0 Å². The molecule has 0 aromatic heterocycles. The smallest absolute Gasteiger partial charge is 0.282 e. The average Bonchev–Trinajstić information content (AvgIpc) is 3.21. The van der Waals surface area contributed by atoms with Crippen LogP contribution in [0.5, 0.6) is 0 Å². The van der Waals surface area contributed by atoms with Gasteiger partial charge in [-0.15, -0.1) is 0 Å². The van der Waals surface area contributed by atoms with Crippen molar-refractivity contribution in [1.82, 2.24) is 10.2 Å². The number of carbonyl (C=O) groups excluding carboxylic acids is 2. The number of likely N-dealkylation sites (N-methyl/N-ethyl adjacent to an activating group) is 1. The number of rotatable bonds is 5. The number of nitrogens with zero attached hydrogens (tertiary/aromatic N) is 2. The summed E-state index contributed by atoms with van der Waals surface area (Å²) in [4.78, 5) is 35.2. The second-order valence-corrected chi connectivity index (χ2v) is 4.78. The van der Waals surface area contributed by atoms with Gasteiger partial charge in [-0.25, -0.2) is 0 Å². The van der Waals surface area contributed by atoms with E-state index in [4.69, 9.17) is 0 Å². The first-order valence-corrected chi connectivity index (χ1v) is 6.27. The molecular formula is C13H15N3O4. The molecular weight excluding hydrogens is 262 g/mol. The summed E-state index contributed by atoms with van der Waals surface area (Å²) in [6.45, 7) is -0.110. The molecule has 0 unspecified atom stereocenters. The number of hydrogen-bond acceptors (Lipinski definition) is 4. The van der Waals surface area contributed by atoms with E-state index in [0.717, 1.165) is 12.8 Å². The molecule has 0 bridgehead atoms. The molecule has 1 aliphatic rings. The summed E-state index contributed by atoms with van der Waals surface area (Å²) in [7, 11) is 1.45. The van der Waals surface area contributed by atoms with E-state index in [1.807, 2.05) is 0 Å². The summed E-state index contributed by atoms with van der Waals surface area (Å²) in [5.74, 6) is -0.787. The molecule has 1 saturated carbocycles. The third kappa shape index (κ3) is 3.31. The van der Waals surface area contributed by atoms with Gasteiger partial charge in [0.1, 0.15) is 5.56 Å². The van der Waals surface area contributed by atoms with Crippen LogP contribution in [0, 0.1) is 10.1 Å². The Bertz CT molecular complexity index is 554. The lowest BCUT2D eigenvalue weighted by Gasteiger charge is -2.16. The van der Waals surface area contributed by atoms with Crippen LogP contribution in [0.2, 0.25) is 0 Å². The molecule has 0 radical (unpaired) electrons. The highest BCUT2D eigenvalue weighted by molar-refractivity contribution is 5.99. The van der Waals surface area contributed by atoms with E-state index in [-0.39, 0.29) is 29.7 Å². The van der Waals surface area contributed by atoms with Crippen LogP contribution in [0.3, 0.4) is 0 Å². The van der Waals surface area contributed by atoms with E-state index < -0.39 is 10.8 Å². The third-order valence-corrected chi connectivity index (χ3v) is 3.00. The fourth-order valence-electron chi connectivity index (χ4n) is 1.81. The van der Waals surface area contributed by atoms with Crippen LogP contribution < -0.4 is 5.32 Å². The Labute approximate surface area is 115 Å². The first kappa shape index (κ1) is 14.0. The zero-order valence-electron chi connectivity index (χ0n) is 11.0. The topological polar surface area (TPSA) is 92.6 Å². The van der Waals surface area contributed by atoms with Gasteiger partial charge in [-0.2, -0.15) is 0 Å². The van der Waals surface area contributed by atoms with E-state index in [2.05, 4.69) is 5.32 Å². The number of benzene rings is 1. The minimum absolute atomic E-state index is 0.0146. The van der Waals surface area contributed by atoms with Crippen molar-refractivity contribution in [3.63, 3.8) is 0 Å². The van der Waals surface area contributed by atoms with Gasteiger partial charge >= 0.3 is 0 Å². The van der Waals surface area contributed by atoms with Gasteiger partial charge in [0.2, 0.25) is 5.91 Å². The molecule has 0 atom stereocenters. The Morgan fingerprint density at radius 2 is 2.05 bits per heavy atom. The molecule has 7 nitrogen and oxygen atoms in total. The minimum atomic E-state index is -0.606. The number of para-hydroxylation sites is 1. The minimum Gasteiger partial charge on any atom is -0.352 e. The molecule has 0 heterocycles. The van der Waals surface area contributed by atoms with Crippen molar-refractivity contribution in [2.75, 3.05) is 13.6 Å². The zero-order chi connectivity index (χ0) is 14.7. The monoisotopic (exact) mass is 277 g/mol. The van der Waals surface area contributed by atoms with E-state index in [1.165, 1.54) is 30.1 Å². The van der Waals surface area contributed by atoms with Crippen LogP contribution in [-0.4, -0.2) is 41.3 Å². The first-order valence-electron chi connectivity index (χ1n) is 6.27. The predicted molar refractivity (Wildman–Crippen MR) is 71.2 cm³/mol. The quantitative estimate of drug-likeness (QED) is 0.640. The van der Waals surface area contributed by atoms with Crippen molar-refractivity contribution in [3.05, 3.63) is 39.9 Å². The molecule has 1 N–H and O–H groups in total. The Morgan fingerprint density at radius 1 is 1.40 bits per heavy atom. The lowest BCUT2D eigenvalue weighted by Crippen LogP contribution is -2.39. The summed E-state index contributed by atoms with van der Waals surface area (Å²) < 4.78 is 0. The van der Waals surface area contributed by atoms with E-state index in [9.17, 15) is 19.7 Å². The third-order valence-electron chi connectivity index (χ3n) is 3.00. The molecule has 1 aromatic carbocycles. The number of nitro benzene ring substituents is 1. The maximum Gasteiger partial charge on any atom is 0.282 e. The number of amides is 2. The largest absolute Gasteiger partial charge is 0.352 e. The van der Waals surface area contributed by atoms with Crippen LogP contribution in [0.15, 0.2) is 24.3 Å². The molecule has 106 valence electrons. The summed E-state index contributed by atoms with van der Waals surface area (Å²) in [5.41, 5.74) is -0.272. The first-order chi connectivity index (χ1) is 9.49. The van der Waals surface area contributed by atoms with Crippen molar-refractivity contribution >= 4 is 17.5 Å². The van der Waals surface area contributed by atoms with Gasteiger partial charge in [0, 0.05) is 19.2 Å². The molecule has 20 heavy (non-hydrogen) atoms. The standard InChI is InChI=1S/C13H15N3O4/c1-15(8-12(17)14-9-6-7-9)13(18)10-4-2-3-5-11(10)16(19)20/h2-5,9H,6-8H2,1H3,(H,14,17). The van der Waals surface area contributed by atoms with Gasteiger partial charge in [-0.3, -0.25) is 19.7 Å². The van der Waals surface area contributed by atoms with Gasteiger partial charge in [0.25, 0.3) is 11.6 Å². The van der Waals surface area contributed by atoms with Crippen molar-refractivity contribution < 1.29 is 14.5 Å². The number of carbonyl (C=O) groups is 2. The molecule has 1 aliphatic carbocycles. The Balaban J connectivity index is 2.05. The summed E-state index contributed by atoms with van der Waals surface area (Å²) in [5, 5.41) is 13.6. The number of nitro groups is 1. The van der Waals surface area contributed by atoms with Crippen molar-refractivity contribution in [2.45, 2.75) is 18.9 Å². The maximum atomic E-state index is 12.1. The van der Waals surface area contributed by atoms with Crippen LogP contribution in [0.4, 0.5) is 5.69 Å². The second-order valence-electron chi connectivity index (χ2n) is 4.78. The second kappa shape index (κ2) is 5.68. The Kier molecular flexibility index (Phi) is 3.97. The van der Waals surface area contributed by atoms with E-state index >= 15 is 0 Å². The lowest BCUT2D eigenvalue weighted by molar-refractivity contribution is -0.385. The number of nitrogens with one attached hydrogen (secondary N) is 1. The Morgan fingerprint density at radius 3 is 2.65 bits per heavy atom. The molecule has 0 aliphatic heterocycles. The fourth-order valence-corrected chi connectivity index (χ4v) is 1.81. The maximum absolute atomic E-state index is 12.1. The molecule has 7 heteroatoms. The van der Waals surface area contributed by atoms with Gasteiger partial charge in [0.15, 0.2) is 0 Å². The van der Waals surface area contributed by atoms with Crippen molar-refractivity contribution in [1.29, 1.82) is 0 Å². The molecule has 1 fully saturated rings. The lowest BCUT2D eigenvalue weighted by atomic mass is 10.1. The van der Waals surface area contributed by atoms with E-state index in [1.54, 1.807) is 6.07 Å². The zero-order valence-corrected chi connectivity index (χ0v) is 11.0. The highest BCUT2D eigenvalue weighted by atomic mass is 16.6. The SMILES string of the molecule is CN(CC(=O)NC1CC1)C(=O)c1ccccc1[N+](=O)[O-]. The summed E-state index contributed by atoms with van der Waals surface area (Å²) in [6.07, 6.45) is 1.93. The number of hydrogen-bond donors (Lipinski definition) is 1. The van der Waals surface area contributed by atoms with Gasteiger partial charge in [-0.05, 0) is 18.9 Å². The molecule has 2 rings (SSSR count). The summed E-state index contributed by atoms with van der Waals surface area (Å²) >= 11 is 0. The highest BCUT2D eigenvalue weighted by Crippen LogP contribution is 2.20. The molecule has 0 spiro atoms. The average molecular weight is 277 g/mol. The highest BCUT2D eigenvalue weighted by Gasteiger charge is 2.26. The van der Waals surface area contributed by atoms with Gasteiger partial charge in [-0.1, -0.05) is 12.1 Å². The molecule has 1 aromatic rings. The predicted octanol–water partition coefficient (Wildman–Crippen LogP) is 0.945. The fraction of sp³-hybridized carbons (Fsp3) is 0.385. The molecule has 0 saturated heterocycles. The van der Waals surface area contributed by atoms with Crippen LogP contribution >= 0.6 is 0 Å². The van der Waals surface area contributed by atoms with Gasteiger partial charge < -0.3 is 10.2 Å². The normalized spacial score (nSPS) is 13.7. The Hall–Kier alpha value is -2.44. The van der Waals surface area contributed by atoms with Gasteiger partial charge in [0.05, 0.1) is 11.5 Å². The summed E-state index contributed by atoms with van der Waals surface area (Å²) in [6, 6.07) is 5.92. The van der Waals surface area contributed by atoms with Crippen molar-refractivity contribution in [3.8, 4) is 0 Å².